The quantitative estimate of drug-likeness (QED) is 0.760. The molecule has 0 aliphatic carbocycles. The number of benzene rings is 2. The van der Waals surface area contributed by atoms with Crippen LogP contribution in [0.25, 0.3) is 0 Å². The molecule has 2 aromatic carbocycles. The highest BCUT2D eigenvalue weighted by molar-refractivity contribution is 6.30. The summed E-state index contributed by atoms with van der Waals surface area (Å²) in [5, 5.41) is 4.08. The number of halogens is 1. The van der Waals surface area contributed by atoms with Crippen LogP contribution in [0.1, 0.15) is 42.1 Å². The first-order valence-electron chi connectivity index (χ1n) is 9.66. The third kappa shape index (κ3) is 5.47. The average molecular weight is 387 g/mol. The van der Waals surface area contributed by atoms with Crippen molar-refractivity contribution in [1.29, 1.82) is 0 Å². The van der Waals surface area contributed by atoms with Crippen LogP contribution in [0.15, 0.2) is 48.5 Å². The molecule has 0 aromatic heterocycles. The zero-order valence-corrected chi connectivity index (χ0v) is 16.5. The van der Waals surface area contributed by atoms with E-state index in [4.69, 9.17) is 16.3 Å². The molecule has 0 bridgehead atoms. The monoisotopic (exact) mass is 386 g/mol. The average Bonchev–Trinajstić information content (AvgIpc) is 2.72. The molecule has 1 fully saturated rings. The Hall–Kier alpha value is -2.04. The normalized spacial score (nSPS) is 14.7. The van der Waals surface area contributed by atoms with E-state index in [9.17, 15) is 4.79 Å². The van der Waals surface area contributed by atoms with Crippen LogP contribution >= 0.6 is 11.6 Å². The van der Waals surface area contributed by atoms with E-state index in [0.717, 1.165) is 44.5 Å². The van der Waals surface area contributed by atoms with Crippen LogP contribution in [0, 0.1) is 0 Å². The van der Waals surface area contributed by atoms with Crippen molar-refractivity contribution >= 4 is 17.5 Å². The van der Waals surface area contributed by atoms with Gasteiger partial charge in [0.2, 0.25) is 0 Å². The van der Waals surface area contributed by atoms with E-state index in [-0.39, 0.29) is 5.91 Å². The smallest absolute Gasteiger partial charge is 0.254 e. The maximum Gasteiger partial charge on any atom is 0.254 e. The van der Waals surface area contributed by atoms with Gasteiger partial charge in [0.15, 0.2) is 0 Å². The molecule has 1 aliphatic heterocycles. The Bertz CT molecular complexity index is 742. The molecule has 1 heterocycles. The Labute approximate surface area is 166 Å². The molecular formula is C22H27ClN2O2. The SMILES string of the molecule is CCCN(C(=O)c1cccc(OCc2ccc(Cl)cc2)c1)C1CCNCC1. The molecule has 1 N–H and O–H groups in total. The van der Waals surface area contributed by atoms with E-state index in [0.29, 0.717) is 29.0 Å². The van der Waals surface area contributed by atoms with Crippen LogP contribution in [0.4, 0.5) is 0 Å². The summed E-state index contributed by atoms with van der Waals surface area (Å²) in [6, 6.07) is 15.4. The molecule has 4 nitrogen and oxygen atoms in total. The molecule has 144 valence electrons. The summed E-state index contributed by atoms with van der Waals surface area (Å²) in [6.07, 6.45) is 2.99. The van der Waals surface area contributed by atoms with Crippen molar-refractivity contribution in [2.45, 2.75) is 38.8 Å². The lowest BCUT2D eigenvalue weighted by molar-refractivity contribution is 0.0642. The van der Waals surface area contributed by atoms with Crippen molar-refractivity contribution in [1.82, 2.24) is 10.2 Å². The van der Waals surface area contributed by atoms with E-state index >= 15 is 0 Å². The van der Waals surface area contributed by atoms with Gasteiger partial charge in [-0.05, 0) is 68.2 Å². The van der Waals surface area contributed by atoms with E-state index < -0.39 is 0 Å². The maximum absolute atomic E-state index is 13.1. The fourth-order valence-corrected chi connectivity index (χ4v) is 3.57. The number of hydrogen-bond acceptors (Lipinski definition) is 3. The van der Waals surface area contributed by atoms with Crippen molar-refractivity contribution in [2.75, 3.05) is 19.6 Å². The Kier molecular flexibility index (Phi) is 7.13. The Morgan fingerprint density at radius 1 is 1.19 bits per heavy atom. The fourth-order valence-electron chi connectivity index (χ4n) is 3.44. The second kappa shape index (κ2) is 9.77. The molecule has 3 rings (SSSR count). The van der Waals surface area contributed by atoms with E-state index in [1.165, 1.54) is 0 Å². The van der Waals surface area contributed by atoms with Gasteiger partial charge in [-0.25, -0.2) is 0 Å². The molecule has 5 heteroatoms. The summed E-state index contributed by atoms with van der Waals surface area (Å²) >= 11 is 5.92. The van der Waals surface area contributed by atoms with Gasteiger partial charge in [-0.3, -0.25) is 4.79 Å². The minimum atomic E-state index is 0.0979. The van der Waals surface area contributed by atoms with E-state index in [2.05, 4.69) is 12.2 Å². The summed E-state index contributed by atoms with van der Waals surface area (Å²) in [5.41, 5.74) is 1.73. The highest BCUT2D eigenvalue weighted by atomic mass is 35.5. The maximum atomic E-state index is 13.1. The van der Waals surface area contributed by atoms with Gasteiger partial charge in [-0.1, -0.05) is 36.7 Å². The number of piperidine rings is 1. The van der Waals surface area contributed by atoms with Gasteiger partial charge in [0.25, 0.3) is 5.91 Å². The molecule has 1 aliphatic rings. The topological polar surface area (TPSA) is 41.6 Å². The third-order valence-electron chi connectivity index (χ3n) is 4.87. The van der Waals surface area contributed by atoms with Crippen molar-refractivity contribution in [3.63, 3.8) is 0 Å². The van der Waals surface area contributed by atoms with Crippen LogP contribution in [0.3, 0.4) is 0 Å². The van der Waals surface area contributed by atoms with Crippen molar-refractivity contribution in [2.24, 2.45) is 0 Å². The van der Waals surface area contributed by atoms with Gasteiger partial charge in [0.1, 0.15) is 12.4 Å². The molecule has 0 saturated carbocycles. The number of hydrogen-bond donors (Lipinski definition) is 1. The zero-order chi connectivity index (χ0) is 19.1. The highest BCUT2D eigenvalue weighted by Gasteiger charge is 2.25. The summed E-state index contributed by atoms with van der Waals surface area (Å²) in [5.74, 6) is 0.804. The van der Waals surface area contributed by atoms with E-state index in [1.807, 2.05) is 53.4 Å². The fraction of sp³-hybridized carbons (Fsp3) is 0.409. The second-order valence-corrected chi connectivity index (χ2v) is 7.36. The molecule has 0 radical (unpaired) electrons. The number of ether oxygens (including phenoxy) is 1. The first kappa shape index (κ1) is 19.7. The zero-order valence-electron chi connectivity index (χ0n) is 15.8. The van der Waals surface area contributed by atoms with Gasteiger partial charge in [-0.2, -0.15) is 0 Å². The standard InChI is InChI=1S/C22H27ClN2O2/c1-2-14-25(20-10-12-24-13-11-20)22(26)18-4-3-5-21(15-18)27-16-17-6-8-19(23)9-7-17/h3-9,15,20,24H,2,10-14,16H2,1H3. The molecule has 2 aromatic rings. The lowest BCUT2D eigenvalue weighted by Gasteiger charge is -2.34. The highest BCUT2D eigenvalue weighted by Crippen LogP contribution is 2.20. The van der Waals surface area contributed by atoms with Crippen molar-refractivity contribution in [3.8, 4) is 5.75 Å². The van der Waals surface area contributed by atoms with Crippen LogP contribution in [-0.4, -0.2) is 36.5 Å². The molecular weight excluding hydrogens is 360 g/mol. The number of carbonyl (C=O) groups excluding carboxylic acids is 1. The van der Waals surface area contributed by atoms with Gasteiger partial charge >= 0.3 is 0 Å². The third-order valence-corrected chi connectivity index (χ3v) is 5.13. The summed E-state index contributed by atoms with van der Waals surface area (Å²) in [4.78, 5) is 15.2. The van der Waals surface area contributed by atoms with Crippen molar-refractivity contribution in [3.05, 3.63) is 64.7 Å². The van der Waals surface area contributed by atoms with E-state index in [1.54, 1.807) is 0 Å². The summed E-state index contributed by atoms with van der Waals surface area (Å²) in [6.45, 7) is 5.30. The molecule has 1 saturated heterocycles. The van der Waals surface area contributed by atoms with Gasteiger partial charge in [-0.15, -0.1) is 0 Å². The predicted octanol–water partition coefficient (Wildman–Crippen LogP) is 4.52. The predicted molar refractivity (Wildman–Crippen MR) is 109 cm³/mol. The Morgan fingerprint density at radius 2 is 1.93 bits per heavy atom. The minimum Gasteiger partial charge on any atom is -0.489 e. The van der Waals surface area contributed by atoms with Gasteiger partial charge < -0.3 is 15.0 Å². The molecule has 27 heavy (non-hydrogen) atoms. The van der Waals surface area contributed by atoms with Crippen LogP contribution < -0.4 is 10.1 Å². The van der Waals surface area contributed by atoms with Crippen LogP contribution in [-0.2, 0) is 6.61 Å². The Balaban J connectivity index is 1.68. The van der Waals surface area contributed by atoms with Crippen LogP contribution in [0.5, 0.6) is 5.75 Å². The first-order chi connectivity index (χ1) is 13.2. The first-order valence-corrected chi connectivity index (χ1v) is 10.0. The number of nitrogens with zero attached hydrogens (tertiary/aromatic N) is 1. The molecule has 1 amide bonds. The largest absolute Gasteiger partial charge is 0.489 e. The van der Waals surface area contributed by atoms with Gasteiger partial charge in [0, 0.05) is 23.2 Å². The molecule has 0 spiro atoms. The van der Waals surface area contributed by atoms with Crippen molar-refractivity contribution < 1.29 is 9.53 Å². The number of rotatable bonds is 7. The minimum absolute atomic E-state index is 0.0979. The molecule has 0 atom stereocenters. The number of amides is 1. The summed E-state index contributed by atoms with van der Waals surface area (Å²) in [7, 11) is 0. The number of nitrogens with one attached hydrogen (secondary N) is 1. The van der Waals surface area contributed by atoms with Crippen LogP contribution in [0.2, 0.25) is 5.02 Å². The Morgan fingerprint density at radius 3 is 2.63 bits per heavy atom. The summed E-state index contributed by atoms with van der Waals surface area (Å²) < 4.78 is 5.88. The lowest BCUT2D eigenvalue weighted by Crippen LogP contribution is -2.46. The molecule has 0 unspecified atom stereocenters. The second-order valence-electron chi connectivity index (χ2n) is 6.92. The lowest BCUT2D eigenvalue weighted by atomic mass is 10.0. The number of carbonyl (C=O) groups is 1. The van der Waals surface area contributed by atoms with Gasteiger partial charge in [0.05, 0.1) is 0 Å².